The van der Waals surface area contributed by atoms with Crippen LogP contribution in [0.25, 0.3) is 10.9 Å². The van der Waals surface area contributed by atoms with E-state index < -0.39 is 5.97 Å². The van der Waals surface area contributed by atoms with Crippen molar-refractivity contribution in [3.8, 4) is 5.75 Å². The van der Waals surface area contributed by atoms with Crippen molar-refractivity contribution in [2.24, 2.45) is 0 Å². The number of carboxylic acid groups (broad SMARTS) is 1. The van der Waals surface area contributed by atoms with Gasteiger partial charge in [0, 0.05) is 23.5 Å². The summed E-state index contributed by atoms with van der Waals surface area (Å²) < 4.78 is 5.68. The first-order chi connectivity index (χ1) is 9.06. The number of hydrogen-bond acceptors (Lipinski definition) is 2. The summed E-state index contributed by atoms with van der Waals surface area (Å²) in [6.45, 7) is 3.99. The quantitative estimate of drug-likeness (QED) is 0.838. The van der Waals surface area contributed by atoms with Gasteiger partial charge in [-0.3, -0.25) is 4.79 Å². The Morgan fingerprint density at radius 2 is 2.21 bits per heavy atom. The Morgan fingerprint density at radius 3 is 2.89 bits per heavy atom. The molecule has 0 aliphatic rings. The number of aromatic amines is 1. The summed E-state index contributed by atoms with van der Waals surface area (Å²) >= 11 is 0. The largest absolute Gasteiger partial charge is 0.491 e. The number of aromatic nitrogens is 1. The van der Waals surface area contributed by atoms with Gasteiger partial charge in [-0.2, -0.15) is 0 Å². The molecule has 0 radical (unpaired) electrons. The number of benzene rings is 1. The molecule has 0 aliphatic carbocycles. The van der Waals surface area contributed by atoms with E-state index in [-0.39, 0.29) is 12.5 Å². The standard InChI is InChI=1S/C15H19NO3/c1-10(2)19-12-6-7-14-13(8-12)11(9-16-14)4-3-5-15(17)18/h6-10,16H,3-5H2,1-2H3,(H,17,18). The third-order valence-corrected chi connectivity index (χ3v) is 2.95. The summed E-state index contributed by atoms with van der Waals surface area (Å²) in [4.78, 5) is 13.7. The molecule has 0 bridgehead atoms. The van der Waals surface area contributed by atoms with Crippen LogP contribution in [0, 0.1) is 0 Å². The van der Waals surface area contributed by atoms with Gasteiger partial charge in [-0.1, -0.05) is 0 Å². The first-order valence-electron chi connectivity index (χ1n) is 6.54. The molecule has 2 N–H and O–H groups in total. The summed E-state index contributed by atoms with van der Waals surface area (Å²) in [6, 6.07) is 5.95. The molecule has 0 aliphatic heterocycles. The van der Waals surface area contributed by atoms with Crippen molar-refractivity contribution in [1.29, 1.82) is 0 Å². The maximum absolute atomic E-state index is 10.5. The highest BCUT2D eigenvalue weighted by atomic mass is 16.5. The Kier molecular flexibility index (Phi) is 4.10. The van der Waals surface area contributed by atoms with Crippen LogP contribution in [-0.2, 0) is 11.2 Å². The second-order valence-corrected chi connectivity index (χ2v) is 4.94. The average Bonchev–Trinajstić information content (AvgIpc) is 2.71. The van der Waals surface area contributed by atoms with E-state index in [0.29, 0.717) is 6.42 Å². The molecule has 0 spiro atoms. The molecular weight excluding hydrogens is 242 g/mol. The topological polar surface area (TPSA) is 62.3 Å². The molecule has 0 atom stereocenters. The van der Waals surface area contributed by atoms with Gasteiger partial charge >= 0.3 is 5.97 Å². The van der Waals surface area contributed by atoms with Gasteiger partial charge in [-0.15, -0.1) is 0 Å². The highest BCUT2D eigenvalue weighted by molar-refractivity contribution is 5.84. The maximum Gasteiger partial charge on any atom is 0.303 e. The van der Waals surface area contributed by atoms with Gasteiger partial charge in [0.1, 0.15) is 5.75 Å². The third kappa shape index (κ3) is 3.50. The lowest BCUT2D eigenvalue weighted by atomic mass is 10.1. The lowest BCUT2D eigenvalue weighted by molar-refractivity contribution is -0.137. The fraction of sp³-hybridized carbons (Fsp3) is 0.400. The van der Waals surface area contributed by atoms with Crippen LogP contribution in [0.3, 0.4) is 0 Å². The highest BCUT2D eigenvalue weighted by Gasteiger charge is 2.07. The smallest absolute Gasteiger partial charge is 0.303 e. The third-order valence-electron chi connectivity index (χ3n) is 2.95. The van der Waals surface area contributed by atoms with Crippen LogP contribution in [-0.4, -0.2) is 22.2 Å². The molecule has 2 rings (SSSR count). The zero-order valence-electron chi connectivity index (χ0n) is 11.3. The van der Waals surface area contributed by atoms with Crippen molar-refractivity contribution in [3.05, 3.63) is 30.0 Å². The molecule has 19 heavy (non-hydrogen) atoms. The van der Waals surface area contributed by atoms with E-state index in [9.17, 15) is 4.79 Å². The molecule has 0 fully saturated rings. The summed E-state index contributed by atoms with van der Waals surface area (Å²) in [5.41, 5.74) is 2.20. The minimum absolute atomic E-state index is 0.145. The van der Waals surface area contributed by atoms with Crippen molar-refractivity contribution in [2.45, 2.75) is 39.2 Å². The molecule has 2 aromatic rings. The normalized spacial score (nSPS) is 11.1. The first kappa shape index (κ1) is 13.5. The molecule has 1 aromatic heterocycles. The number of aliphatic carboxylic acids is 1. The number of rotatable bonds is 6. The first-order valence-corrected chi connectivity index (χ1v) is 6.54. The molecule has 102 valence electrons. The molecule has 1 heterocycles. The van der Waals surface area contributed by atoms with Gasteiger partial charge < -0.3 is 14.8 Å². The van der Waals surface area contributed by atoms with E-state index in [4.69, 9.17) is 9.84 Å². The summed E-state index contributed by atoms with van der Waals surface area (Å²) in [7, 11) is 0. The number of carbonyl (C=O) groups is 1. The molecule has 4 nitrogen and oxygen atoms in total. The number of ether oxygens (including phenoxy) is 1. The Labute approximate surface area is 112 Å². The van der Waals surface area contributed by atoms with Crippen molar-refractivity contribution >= 4 is 16.9 Å². The van der Waals surface area contributed by atoms with Crippen LogP contribution in [0.1, 0.15) is 32.3 Å². The minimum atomic E-state index is -0.747. The van der Waals surface area contributed by atoms with Crippen molar-refractivity contribution in [1.82, 2.24) is 4.98 Å². The van der Waals surface area contributed by atoms with Crippen LogP contribution in [0.2, 0.25) is 0 Å². The minimum Gasteiger partial charge on any atom is -0.491 e. The molecule has 0 amide bonds. The number of hydrogen-bond donors (Lipinski definition) is 2. The van der Waals surface area contributed by atoms with Gasteiger partial charge in [0.25, 0.3) is 0 Å². The van der Waals surface area contributed by atoms with Gasteiger partial charge in [0.05, 0.1) is 6.10 Å². The van der Waals surface area contributed by atoms with E-state index in [0.717, 1.165) is 28.6 Å². The number of fused-ring (bicyclic) bond motifs is 1. The van der Waals surface area contributed by atoms with E-state index in [1.54, 1.807) is 0 Å². The van der Waals surface area contributed by atoms with E-state index in [1.165, 1.54) is 0 Å². The SMILES string of the molecule is CC(C)Oc1ccc2[nH]cc(CCCC(=O)O)c2c1. The zero-order chi connectivity index (χ0) is 13.8. The molecule has 4 heteroatoms. The molecular formula is C15H19NO3. The summed E-state index contributed by atoms with van der Waals surface area (Å²) in [5, 5.41) is 9.79. The predicted octanol–water partition coefficient (Wildman–Crippen LogP) is 3.36. The van der Waals surface area contributed by atoms with E-state index in [1.807, 2.05) is 38.2 Å². The van der Waals surface area contributed by atoms with E-state index in [2.05, 4.69) is 4.98 Å². The summed E-state index contributed by atoms with van der Waals surface area (Å²) in [5.74, 6) is 0.102. The fourth-order valence-corrected chi connectivity index (χ4v) is 2.14. The van der Waals surface area contributed by atoms with Gasteiger partial charge in [0.2, 0.25) is 0 Å². The monoisotopic (exact) mass is 261 g/mol. The number of aryl methyl sites for hydroxylation is 1. The van der Waals surface area contributed by atoms with Gasteiger partial charge in [-0.25, -0.2) is 0 Å². The average molecular weight is 261 g/mol. The highest BCUT2D eigenvalue weighted by Crippen LogP contribution is 2.25. The Hall–Kier alpha value is -1.97. The zero-order valence-corrected chi connectivity index (χ0v) is 11.3. The Balaban J connectivity index is 2.17. The number of carboxylic acids is 1. The Morgan fingerprint density at radius 1 is 1.42 bits per heavy atom. The predicted molar refractivity (Wildman–Crippen MR) is 74.6 cm³/mol. The molecule has 0 saturated heterocycles. The van der Waals surface area contributed by atoms with Crippen LogP contribution < -0.4 is 4.74 Å². The fourth-order valence-electron chi connectivity index (χ4n) is 2.14. The lowest BCUT2D eigenvalue weighted by Crippen LogP contribution is -2.05. The Bertz CT molecular complexity index is 572. The summed E-state index contributed by atoms with van der Waals surface area (Å²) in [6.07, 6.45) is 3.71. The second kappa shape index (κ2) is 5.78. The van der Waals surface area contributed by atoms with Crippen LogP contribution in [0.5, 0.6) is 5.75 Å². The van der Waals surface area contributed by atoms with Crippen molar-refractivity contribution in [2.75, 3.05) is 0 Å². The number of H-pyrrole nitrogens is 1. The second-order valence-electron chi connectivity index (χ2n) is 4.94. The van der Waals surface area contributed by atoms with Crippen molar-refractivity contribution in [3.63, 3.8) is 0 Å². The molecule has 1 aromatic carbocycles. The molecule has 0 unspecified atom stereocenters. The van der Waals surface area contributed by atoms with Crippen LogP contribution in [0.15, 0.2) is 24.4 Å². The van der Waals surface area contributed by atoms with Crippen molar-refractivity contribution < 1.29 is 14.6 Å². The maximum atomic E-state index is 10.5. The van der Waals surface area contributed by atoms with Gasteiger partial charge in [-0.05, 0) is 50.5 Å². The van der Waals surface area contributed by atoms with E-state index >= 15 is 0 Å². The number of nitrogens with one attached hydrogen (secondary N) is 1. The van der Waals surface area contributed by atoms with Gasteiger partial charge in [0.15, 0.2) is 0 Å². The lowest BCUT2D eigenvalue weighted by Gasteiger charge is -2.09. The van der Waals surface area contributed by atoms with Crippen LogP contribution >= 0.6 is 0 Å². The molecule has 0 saturated carbocycles. The van der Waals surface area contributed by atoms with Crippen LogP contribution in [0.4, 0.5) is 0 Å².